The Morgan fingerprint density at radius 2 is 1.96 bits per heavy atom. The van der Waals surface area contributed by atoms with Crippen molar-refractivity contribution in [3.8, 4) is 0 Å². The van der Waals surface area contributed by atoms with Gasteiger partial charge in [0.2, 0.25) is 0 Å². The molecule has 1 saturated heterocycles. The molecule has 7 heteroatoms. The molecule has 146 valence electrons. The molecule has 1 heterocycles. The van der Waals surface area contributed by atoms with E-state index in [1.165, 1.54) is 0 Å². The molecule has 1 aromatic carbocycles. The molecule has 1 aliphatic rings. The van der Waals surface area contributed by atoms with Crippen molar-refractivity contribution >= 4 is 47.6 Å². The van der Waals surface area contributed by atoms with Crippen molar-refractivity contribution in [1.29, 1.82) is 0 Å². The summed E-state index contributed by atoms with van der Waals surface area (Å²) in [7, 11) is 3.53. The number of nitrogens with zero attached hydrogens (tertiary/aromatic N) is 3. The Bertz CT molecular complexity index is 616. The van der Waals surface area contributed by atoms with Gasteiger partial charge in [0, 0.05) is 49.8 Å². The standard InChI is InChI=1S/C19H30N4OS.HI/c1-6-20-18(23-11-12-25-19(2,3)14-23)21-13-15-7-9-16(10-8-15)17(24)22(4)5;/h7-10H,6,11-14H2,1-5H3,(H,20,21);1H. The minimum Gasteiger partial charge on any atom is -0.357 e. The van der Waals surface area contributed by atoms with Crippen LogP contribution < -0.4 is 5.32 Å². The van der Waals surface area contributed by atoms with Gasteiger partial charge in [-0.3, -0.25) is 4.79 Å². The van der Waals surface area contributed by atoms with E-state index in [1.807, 2.05) is 36.0 Å². The Labute approximate surface area is 179 Å². The number of benzene rings is 1. The fourth-order valence-electron chi connectivity index (χ4n) is 2.80. The van der Waals surface area contributed by atoms with Gasteiger partial charge < -0.3 is 15.1 Å². The number of amides is 1. The smallest absolute Gasteiger partial charge is 0.253 e. The molecule has 1 fully saturated rings. The average molecular weight is 490 g/mol. The number of nitrogens with one attached hydrogen (secondary N) is 1. The molecule has 0 unspecified atom stereocenters. The first kappa shape index (κ1) is 23.1. The van der Waals surface area contributed by atoms with Crippen LogP contribution in [0.4, 0.5) is 0 Å². The summed E-state index contributed by atoms with van der Waals surface area (Å²) >= 11 is 2.02. The van der Waals surface area contributed by atoms with Gasteiger partial charge in [0.25, 0.3) is 5.91 Å². The fraction of sp³-hybridized carbons (Fsp3) is 0.579. The fourth-order valence-corrected chi connectivity index (χ4v) is 3.91. The third kappa shape index (κ3) is 6.64. The third-order valence-corrected chi connectivity index (χ3v) is 5.38. The molecule has 0 atom stereocenters. The van der Waals surface area contributed by atoms with Gasteiger partial charge in [-0.2, -0.15) is 11.8 Å². The molecule has 0 aromatic heterocycles. The zero-order valence-electron chi connectivity index (χ0n) is 16.4. The molecule has 0 saturated carbocycles. The lowest BCUT2D eigenvalue weighted by Gasteiger charge is -2.39. The summed E-state index contributed by atoms with van der Waals surface area (Å²) in [5.74, 6) is 2.12. The molecule has 0 bridgehead atoms. The lowest BCUT2D eigenvalue weighted by molar-refractivity contribution is 0.0827. The molecule has 26 heavy (non-hydrogen) atoms. The van der Waals surface area contributed by atoms with E-state index in [0.29, 0.717) is 12.1 Å². The number of carbonyl (C=O) groups is 1. The number of hydrogen-bond donors (Lipinski definition) is 1. The first-order valence-electron chi connectivity index (χ1n) is 8.80. The highest BCUT2D eigenvalue weighted by atomic mass is 127. The molecule has 2 rings (SSSR count). The Balaban J connectivity index is 0.00000338. The van der Waals surface area contributed by atoms with Gasteiger partial charge in [-0.15, -0.1) is 24.0 Å². The van der Waals surface area contributed by atoms with E-state index in [1.54, 1.807) is 19.0 Å². The molecule has 0 radical (unpaired) electrons. The van der Waals surface area contributed by atoms with E-state index in [4.69, 9.17) is 4.99 Å². The summed E-state index contributed by atoms with van der Waals surface area (Å²) in [5.41, 5.74) is 1.82. The van der Waals surface area contributed by atoms with Crippen molar-refractivity contribution in [3.63, 3.8) is 0 Å². The van der Waals surface area contributed by atoms with Gasteiger partial charge >= 0.3 is 0 Å². The van der Waals surface area contributed by atoms with Gasteiger partial charge in [-0.05, 0) is 38.5 Å². The summed E-state index contributed by atoms with van der Waals surface area (Å²) in [4.78, 5) is 20.7. The molecule has 1 N–H and O–H groups in total. The molecule has 0 spiro atoms. The molecule has 1 aromatic rings. The quantitative estimate of drug-likeness (QED) is 0.400. The first-order valence-corrected chi connectivity index (χ1v) is 9.79. The van der Waals surface area contributed by atoms with Crippen molar-refractivity contribution in [3.05, 3.63) is 35.4 Å². The van der Waals surface area contributed by atoms with Crippen LogP contribution in [0.5, 0.6) is 0 Å². The summed E-state index contributed by atoms with van der Waals surface area (Å²) in [6, 6.07) is 7.72. The van der Waals surface area contributed by atoms with Crippen LogP contribution >= 0.6 is 35.7 Å². The molecule has 1 amide bonds. The molecular weight excluding hydrogens is 459 g/mol. The maximum absolute atomic E-state index is 12.0. The SMILES string of the molecule is CCNC(=NCc1ccc(C(=O)N(C)C)cc1)N1CCSC(C)(C)C1.I. The lowest BCUT2D eigenvalue weighted by Crippen LogP contribution is -2.50. The van der Waals surface area contributed by atoms with Gasteiger partial charge in [0.05, 0.1) is 6.54 Å². The van der Waals surface area contributed by atoms with Crippen LogP contribution in [0.3, 0.4) is 0 Å². The second kappa shape index (κ2) is 10.4. The van der Waals surface area contributed by atoms with Crippen LogP contribution in [0.1, 0.15) is 36.7 Å². The van der Waals surface area contributed by atoms with E-state index >= 15 is 0 Å². The third-order valence-electron chi connectivity index (χ3n) is 4.08. The molecule has 0 aliphatic carbocycles. The zero-order chi connectivity index (χ0) is 18.4. The van der Waals surface area contributed by atoms with Crippen LogP contribution in [0, 0.1) is 0 Å². The van der Waals surface area contributed by atoms with Crippen molar-refractivity contribution in [2.45, 2.75) is 32.1 Å². The molecule has 1 aliphatic heterocycles. The Morgan fingerprint density at radius 1 is 1.31 bits per heavy atom. The Hall–Kier alpha value is -0.960. The lowest BCUT2D eigenvalue weighted by atomic mass is 10.1. The average Bonchev–Trinajstić information content (AvgIpc) is 2.57. The maximum Gasteiger partial charge on any atom is 0.253 e. The van der Waals surface area contributed by atoms with Crippen molar-refractivity contribution in [2.75, 3.05) is 39.5 Å². The molecular formula is C19H31IN4OS. The predicted octanol–water partition coefficient (Wildman–Crippen LogP) is 3.30. The van der Waals surface area contributed by atoms with Gasteiger partial charge in [0.1, 0.15) is 0 Å². The van der Waals surface area contributed by atoms with Crippen molar-refractivity contribution in [2.24, 2.45) is 4.99 Å². The van der Waals surface area contributed by atoms with E-state index in [9.17, 15) is 4.79 Å². The first-order chi connectivity index (χ1) is 11.8. The number of halogens is 1. The number of carbonyl (C=O) groups excluding carboxylic acids is 1. The van der Waals surface area contributed by atoms with Crippen LogP contribution in [0.15, 0.2) is 29.3 Å². The van der Waals surface area contributed by atoms with Crippen LogP contribution in [0.2, 0.25) is 0 Å². The number of aliphatic imine (C=N–C) groups is 1. The van der Waals surface area contributed by atoms with Gasteiger partial charge in [0.15, 0.2) is 5.96 Å². The number of hydrogen-bond acceptors (Lipinski definition) is 3. The van der Waals surface area contributed by atoms with Gasteiger partial charge in [-0.25, -0.2) is 4.99 Å². The van der Waals surface area contributed by atoms with Crippen LogP contribution in [-0.2, 0) is 6.54 Å². The number of thioether (sulfide) groups is 1. The maximum atomic E-state index is 12.0. The molecule has 5 nitrogen and oxygen atoms in total. The number of guanidine groups is 1. The monoisotopic (exact) mass is 490 g/mol. The highest BCUT2D eigenvalue weighted by Crippen LogP contribution is 2.29. The van der Waals surface area contributed by atoms with Crippen LogP contribution in [-0.4, -0.2) is 65.9 Å². The zero-order valence-corrected chi connectivity index (χ0v) is 19.6. The predicted molar refractivity (Wildman–Crippen MR) is 123 cm³/mol. The Kier molecular flexibility index (Phi) is 9.23. The van der Waals surface area contributed by atoms with E-state index in [2.05, 4.69) is 31.0 Å². The highest BCUT2D eigenvalue weighted by Gasteiger charge is 2.28. The van der Waals surface area contributed by atoms with E-state index < -0.39 is 0 Å². The summed E-state index contributed by atoms with van der Waals surface area (Å²) in [6.07, 6.45) is 0. The summed E-state index contributed by atoms with van der Waals surface area (Å²) in [6.45, 7) is 10.2. The van der Waals surface area contributed by atoms with Crippen molar-refractivity contribution in [1.82, 2.24) is 15.1 Å². The summed E-state index contributed by atoms with van der Waals surface area (Å²) < 4.78 is 0.253. The number of rotatable bonds is 4. The second-order valence-electron chi connectivity index (χ2n) is 7.10. The van der Waals surface area contributed by atoms with Crippen LogP contribution in [0.25, 0.3) is 0 Å². The largest absolute Gasteiger partial charge is 0.357 e. The normalized spacial score (nSPS) is 16.7. The van der Waals surface area contributed by atoms with E-state index in [-0.39, 0.29) is 34.6 Å². The van der Waals surface area contributed by atoms with Crippen molar-refractivity contribution < 1.29 is 4.79 Å². The highest BCUT2D eigenvalue weighted by molar-refractivity contribution is 14.0. The second-order valence-corrected chi connectivity index (χ2v) is 8.90. The topological polar surface area (TPSA) is 47.9 Å². The minimum atomic E-state index is 0. The Morgan fingerprint density at radius 3 is 2.50 bits per heavy atom. The minimum absolute atomic E-state index is 0. The van der Waals surface area contributed by atoms with E-state index in [0.717, 1.165) is 36.9 Å². The van der Waals surface area contributed by atoms with Gasteiger partial charge in [-0.1, -0.05) is 12.1 Å². The summed E-state index contributed by atoms with van der Waals surface area (Å²) in [5, 5.41) is 3.41.